The number of hydrogen-bond donors (Lipinski definition) is 1. The minimum absolute atomic E-state index is 0.0393. The molecule has 18 heavy (non-hydrogen) atoms. The third-order valence-electron chi connectivity index (χ3n) is 3.20. The van der Waals surface area contributed by atoms with E-state index in [0.717, 1.165) is 0 Å². The monoisotopic (exact) mass is 257 g/mol. The van der Waals surface area contributed by atoms with Crippen LogP contribution in [-0.2, 0) is 14.3 Å². The summed E-state index contributed by atoms with van der Waals surface area (Å²) >= 11 is 0. The molecular weight excluding hydrogens is 234 g/mol. The number of nitrogens with two attached hydrogens (primary N) is 1. The van der Waals surface area contributed by atoms with Crippen molar-refractivity contribution in [2.45, 2.75) is 19.9 Å². The van der Waals surface area contributed by atoms with E-state index in [1.807, 2.05) is 13.8 Å². The molecule has 0 radical (unpaired) electrons. The van der Waals surface area contributed by atoms with Crippen LogP contribution in [0.1, 0.15) is 13.8 Å². The highest BCUT2D eigenvalue weighted by molar-refractivity contribution is 5.88. The number of carbonyl (C=O) groups is 2. The van der Waals surface area contributed by atoms with Crippen LogP contribution in [0.2, 0.25) is 0 Å². The molecule has 1 saturated heterocycles. The molecule has 0 unspecified atom stereocenters. The van der Waals surface area contributed by atoms with Crippen LogP contribution in [0, 0.1) is 5.92 Å². The Morgan fingerprint density at radius 2 is 2.11 bits per heavy atom. The van der Waals surface area contributed by atoms with Gasteiger partial charge in [0.05, 0.1) is 19.2 Å². The van der Waals surface area contributed by atoms with E-state index in [4.69, 9.17) is 10.5 Å². The van der Waals surface area contributed by atoms with Crippen molar-refractivity contribution in [1.82, 2.24) is 9.80 Å². The van der Waals surface area contributed by atoms with Gasteiger partial charge in [0, 0.05) is 26.7 Å². The minimum Gasteiger partial charge on any atom is -0.383 e. The fourth-order valence-electron chi connectivity index (χ4n) is 1.83. The first-order chi connectivity index (χ1) is 8.47. The number of piperazine rings is 1. The number of rotatable bonds is 5. The van der Waals surface area contributed by atoms with Gasteiger partial charge in [0.25, 0.3) is 0 Å². The van der Waals surface area contributed by atoms with Crippen molar-refractivity contribution in [2.75, 3.05) is 39.9 Å². The van der Waals surface area contributed by atoms with Gasteiger partial charge in [0.15, 0.2) is 0 Å². The standard InChI is InChI=1S/C12H23N3O3/c1-9(2)11(13)12(17)15-5-4-14(6-7-18-3)10(16)8-15/h9,11H,4-8,13H2,1-3H3/t11-/m0/s1. The zero-order chi connectivity index (χ0) is 13.7. The van der Waals surface area contributed by atoms with Crippen LogP contribution >= 0.6 is 0 Å². The summed E-state index contributed by atoms with van der Waals surface area (Å²) in [7, 11) is 1.60. The lowest BCUT2D eigenvalue weighted by Crippen LogP contribution is -2.57. The second kappa shape index (κ2) is 6.70. The van der Waals surface area contributed by atoms with Crippen molar-refractivity contribution < 1.29 is 14.3 Å². The van der Waals surface area contributed by atoms with Crippen molar-refractivity contribution in [2.24, 2.45) is 11.7 Å². The van der Waals surface area contributed by atoms with Crippen LogP contribution in [0.25, 0.3) is 0 Å². The second-order valence-electron chi connectivity index (χ2n) is 4.90. The molecule has 0 spiro atoms. The lowest BCUT2D eigenvalue weighted by molar-refractivity contribution is -0.146. The summed E-state index contributed by atoms with van der Waals surface area (Å²) in [5.74, 6) is -0.0912. The normalized spacial score (nSPS) is 18.4. The molecule has 0 saturated carbocycles. The molecule has 0 aromatic carbocycles. The van der Waals surface area contributed by atoms with Gasteiger partial charge in [-0.2, -0.15) is 0 Å². The Kier molecular flexibility index (Phi) is 5.55. The predicted octanol–water partition coefficient (Wildman–Crippen LogP) is -0.713. The maximum atomic E-state index is 12.0. The van der Waals surface area contributed by atoms with E-state index in [-0.39, 0.29) is 24.3 Å². The van der Waals surface area contributed by atoms with Gasteiger partial charge >= 0.3 is 0 Å². The quantitative estimate of drug-likeness (QED) is 0.706. The van der Waals surface area contributed by atoms with Gasteiger partial charge < -0.3 is 20.3 Å². The molecule has 1 fully saturated rings. The number of nitrogens with zero attached hydrogens (tertiary/aromatic N) is 2. The highest BCUT2D eigenvalue weighted by Gasteiger charge is 2.30. The number of amides is 2. The van der Waals surface area contributed by atoms with Crippen molar-refractivity contribution in [3.05, 3.63) is 0 Å². The van der Waals surface area contributed by atoms with E-state index in [1.165, 1.54) is 0 Å². The zero-order valence-electron chi connectivity index (χ0n) is 11.4. The average Bonchev–Trinajstić information content (AvgIpc) is 2.35. The summed E-state index contributed by atoms with van der Waals surface area (Å²) in [6, 6.07) is -0.525. The molecule has 0 aromatic rings. The van der Waals surface area contributed by atoms with Crippen LogP contribution in [-0.4, -0.2) is 67.6 Å². The van der Waals surface area contributed by atoms with E-state index in [9.17, 15) is 9.59 Å². The number of carbonyl (C=O) groups excluding carboxylic acids is 2. The summed E-state index contributed by atoms with van der Waals surface area (Å²) < 4.78 is 4.94. The summed E-state index contributed by atoms with van der Waals surface area (Å²) in [6.07, 6.45) is 0. The van der Waals surface area contributed by atoms with Gasteiger partial charge in [-0.1, -0.05) is 13.8 Å². The molecule has 0 bridgehead atoms. The predicted molar refractivity (Wildman–Crippen MR) is 67.8 cm³/mol. The smallest absolute Gasteiger partial charge is 0.242 e. The lowest BCUT2D eigenvalue weighted by atomic mass is 10.0. The minimum atomic E-state index is -0.525. The summed E-state index contributed by atoms with van der Waals surface area (Å²) in [5.41, 5.74) is 5.82. The van der Waals surface area contributed by atoms with Crippen molar-refractivity contribution in [1.29, 1.82) is 0 Å². The average molecular weight is 257 g/mol. The Morgan fingerprint density at radius 1 is 1.44 bits per heavy atom. The van der Waals surface area contributed by atoms with E-state index < -0.39 is 6.04 Å². The fraction of sp³-hybridized carbons (Fsp3) is 0.833. The van der Waals surface area contributed by atoms with Crippen LogP contribution in [0.3, 0.4) is 0 Å². The van der Waals surface area contributed by atoms with Gasteiger partial charge in [-0.3, -0.25) is 9.59 Å². The molecular formula is C12H23N3O3. The highest BCUT2D eigenvalue weighted by Crippen LogP contribution is 2.08. The third kappa shape index (κ3) is 3.68. The maximum Gasteiger partial charge on any atom is 0.242 e. The molecule has 6 heteroatoms. The molecule has 1 heterocycles. The molecule has 1 rings (SSSR count). The lowest BCUT2D eigenvalue weighted by Gasteiger charge is -2.35. The first-order valence-corrected chi connectivity index (χ1v) is 6.28. The van der Waals surface area contributed by atoms with Gasteiger partial charge in [-0.25, -0.2) is 0 Å². The van der Waals surface area contributed by atoms with Crippen LogP contribution < -0.4 is 5.73 Å². The Morgan fingerprint density at radius 3 is 2.61 bits per heavy atom. The van der Waals surface area contributed by atoms with Crippen LogP contribution in [0.5, 0.6) is 0 Å². The highest BCUT2D eigenvalue weighted by atomic mass is 16.5. The molecule has 104 valence electrons. The number of hydrogen-bond acceptors (Lipinski definition) is 4. The molecule has 0 aliphatic carbocycles. The number of ether oxygens (including phenoxy) is 1. The Hall–Kier alpha value is -1.14. The first-order valence-electron chi connectivity index (χ1n) is 6.28. The topological polar surface area (TPSA) is 75.9 Å². The Balaban J connectivity index is 2.50. The molecule has 2 amide bonds. The molecule has 6 nitrogen and oxygen atoms in total. The van der Waals surface area contributed by atoms with Crippen molar-refractivity contribution in [3.8, 4) is 0 Å². The third-order valence-corrected chi connectivity index (χ3v) is 3.20. The first kappa shape index (κ1) is 14.9. The fourth-order valence-corrected chi connectivity index (χ4v) is 1.83. The molecule has 2 N–H and O–H groups in total. The van der Waals surface area contributed by atoms with Crippen LogP contribution in [0.4, 0.5) is 0 Å². The molecule has 1 aliphatic rings. The maximum absolute atomic E-state index is 12.0. The van der Waals surface area contributed by atoms with E-state index in [2.05, 4.69) is 0 Å². The van der Waals surface area contributed by atoms with E-state index in [0.29, 0.717) is 26.2 Å². The molecule has 0 aromatic heterocycles. The molecule has 1 aliphatic heterocycles. The van der Waals surface area contributed by atoms with Gasteiger partial charge in [-0.05, 0) is 5.92 Å². The summed E-state index contributed by atoms with van der Waals surface area (Å²) in [5, 5.41) is 0. The largest absolute Gasteiger partial charge is 0.383 e. The van der Waals surface area contributed by atoms with Gasteiger partial charge in [0.2, 0.25) is 11.8 Å². The van der Waals surface area contributed by atoms with E-state index in [1.54, 1.807) is 16.9 Å². The Bertz CT molecular complexity index is 307. The van der Waals surface area contributed by atoms with Crippen molar-refractivity contribution >= 4 is 11.8 Å². The zero-order valence-corrected chi connectivity index (χ0v) is 11.4. The van der Waals surface area contributed by atoms with Gasteiger partial charge in [-0.15, -0.1) is 0 Å². The molecule has 1 atom stereocenters. The number of methoxy groups -OCH3 is 1. The summed E-state index contributed by atoms with van der Waals surface area (Å²) in [4.78, 5) is 27.1. The SMILES string of the molecule is COCCN1CCN(C(=O)[C@@H](N)C(C)C)CC1=O. The van der Waals surface area contributed by atoms with E-state index >= 15 is 0 Å². The second-order valence-corrected chi connectivity index (χ2v) is 4.90. The van der Waals surface area contributed by atoms with Gasteiger partial charge in [0.1, 0.15) is 0 Å². The summed E-state index contributed by atoms with van der Waals surface area (Å²) in [6.45, 7) is 6.13. The Labute approximate surface area is 108 Å². The van der Waals surface area contributed by atoms with Crippen molar-refractivity contribution in [3.63, 3.8) is 0 Å². The van der Waals surface area contributed by atoms with Crippen LogP contribution in [0.15, 0.2) is 0 Å².